The quantitative estimate of drug-likeness (QED) is 0.392. The first-order valence-corrected chi connectivity index (χ1v) is 6.56. The lowest BCUT2D eigenvalue weighted by molar-refractivity contribution is -0.129. The zero-order valence-corrected chi connectivity index (χ0v) is 11.1. The summed E-state index contributed by atoms with van der Waals surface area (Å²) in [4.78, 5) is 23.1. The van der Waals surface area contributed by atoms with E-state index in [1.807, 2.05) is 4.57 Å². The van der Waals surface area contributed by atoms with Crippen LogP contribution in [0.3, 0.4) is 0 Å². The molecule has 0 fully saturated rings. The Bertz CT molecular complexity index is 582. The van der Waals surface area contributed by atoms with E-state index in [4.69, 9.17) is 10.9 Å². The monoisotopic (exact) mass is 278 g/mol. The van der Waals surface area contributed by atoms with Gasteiger partial charge in [0.05, 0.1) is 6.33 Å². The molecular formula is C12H18N6O2. The van der Waals surface area contributed by atoms with Crippen LogP contribution in [0, 0.1) is 0 Å². The summed E-state index contributed by atoms with van der Waals surface area (Å²) in [7, 11) is 0. The van der Waals surface area contributed by atoms with Crippen molar-refractivity contribution in [2.24, 2.45) is 0 Å². The van der Waals surface area contributed by atoms with Crippen LogP contribution in [0.15, 0.2) is 12.7 Å². The van der Waals surface area contributed by atoms with Crippen molar-refractivity contribution in [1.29, 1.82) is 0 Å². The molecule has 2 heterocycles. The molecule has 8 heteroatoms. The molecule has 0 saturated heterocycles. The van der Waals surface area contributed by atoms with Crippen molar-refractivity contribution in [2.45, 2.75) is 38.6 Å². The minimum Gasteiger partial charge on any atom is -0.382 e. The number of aromatic nitrogens is 4. The average molecular weight is 278 g/mol. The largest absolute Gasteiger partial charge is 0.382 e. The molecule has 8 nitrogen and oxygen atoms in total. The van der Waals surface area contributed by atoms with Crippen molar-refractivity contribution in [3.8, 4) is 0 Å². The maximum Gasteiger partial charge on any atom is 0.243 e. The van der Waals surface area contributed by atoms with Crippen LogP contribution < -0.4 is 11.2 Å². The van der Waals surface area contributed by atoms with Crippen molar-refractivity contribution in [3.05, 3.63) is 12.7 Å². The Morgan fingerprint density at radius 1 is 1.25 bits per heavy atom. The van der Waals surface area contributed by atoms with Gasteiger partial charge >= 0.3 is 0 Å². The van der Waals surface area contributed by atoms with E-state index >= 15 is 0 Å². The molecule has 20 heavy (non-hydrogen) atoms. The second-order valence-corrected chi connectivity index (χ2v) is 4.57. The molecule has 0 atom stereocenters. The fraction of sp³-hybridized carbons (Fsp3) is 0.500. The van der Waals surface area contributed by atoms with Crippen molar-refractivity contribution in [2.75, 3.05) is 5.73 Å². The van der Waals surface area contributed by atoms with Crippen LogP contribution in [-0.2, 0) is 11.3 Å². The number of imidazole rings is 1. The van der Waals surface area contributed by atoms with Crippen LogP contribution in [0.5, 0.6) is 0 Å². The van der Waals surface area contributed by atoms with Gasteiger partial charge in [-0.3, -0.25) is 10.0 Å². The van der Waals surface area contributed by atoms with Gasteiger partial charge < -0.3 is 10.3 Å². The van der Waals surface area contributed by atoms with E-state index in [1.54, 1.807) is 11.8 Å². The number of amides is 1. The minimum absolute atomic E-state index is 0.335. The highest BCUT2D eigenvalue weighted by molar-refractivity contribution is 5.81. The Labute approximate surface area is 116 Å². The summed E-state index contributed by atoms with van der Waals surface area (Å²) in [5.74, 6) is 0.0570. The smallest absolute Gasteiger partial charge is 0.243 e. The number of rotatable bonds is 7. The molecule has 0 unspecified atom stereocenters. The number of anilines is 1. The molecule has 1 amide bonds. The SMILES string of the molecule is Nc1ncnc2c1ncn2CCCCCCC(=O)NO. The molecule has 0 radical (unpaired) electrons. The summed E-state index contributed by atoms with van der Waals surface area (Å²) in [6.07, 6.45) is 7.19. The number of nitrogens with one attached hydrogen (secondary N) is 1. The van der Waals surface area contributed by atoms with E-state index in [0.717, 1.165) is 37.9 Å². The van der Waals surface area contributed by atoms with E-state index in [1.165, 1.54) is 6.33 Å². The molecule has 0 saturated carbocycles. The first-order chi connectivity index (χ1) is 9.72. The molecule has 0 bridgehead atoms. The molecule has 2 aromatic heterocycles. The van der Waals surface area contributed by atoms with Crippen LogP contribution in [0.25, 0.3) is 11.2 Å². The second kappa shape index (κ2) is 6.80. The van der Waals surface area contributed by atoms with E-state index in [2.05, 4.69) is 15.0 Å². The lowest BCUT2D eigenvalue weighted by Gasteiger charge is -2.04. The first-order valence-electron chi connectivity index (χ1n) is 6.56. The number of aryl methyl sites for hydroxylation is 1. The van der Waals surface area contributed by atoms with E-state index < -0.39 is 0 Å². The van der Waals surface area contributed by atoms with E-state index in [9.17, 15) is 4.79 Å². The highest BCUT2D eigenvalue weighted by Crippen LogP contribution is 2.15. The van der Waals surface area contributed by atoms with Gasteiger partial charge in [-0.05, 0) is 12.8 Å². The molecule has 0 aliphatic heterocycles. The van der Waals surface area contributed by atoms with Crippen molar-refractivity contribution in [1.82, 2.24) is 25.0 Å². The summed E-state index contributed by atoms with van der Waals surface area (Å²) < 4.78 is 1.95. The van der Waals surface area contributed by atoms with Crippen LogP contribution >= 0.6 is 0 Å². The Balaban J connectivity index is 1.76. The molecule has 0 spiro atoms. The molecule has 2 aromatic rings. The number of unbranched alkanes of at least 4 members (excludes halogenated alkanes) is 3. The normalized spacial score (nSPS) is 10.8. The van der Waals surface area contributed by atoms with Crippen molar-refractivity contribution < 1.29 is 10.0 Å². The summed E-state index contributed by atoms with van der Waals surface area (Å²) >= 11 is 0. The molecule has 4 N–H and O–H groups in total. The maximum absolute atomic E-state index is 10.8. The number of nitrogens with two attached hydrogens (primary N) is 1. The van der Waals surface area contributed by atoms with Crippen molar-refractivity contribution >= 4 is 22.9 Å². The number of hydrogen-bond donors (Lipinski definition) is 3. The average Bonchev–Trinajstić information content (AvgIpc) is 2.87. The zero-order valence-electron chi connectivity index (χ0n) is 11.1. The topological polar surface area (TPSA) is 119 Å². The number of hydrogen-bond acceptors (Lipinski definition) is 6. The molecule has 0 aromatic carbocycles. The van der Waals surface area contributed by atoms with Gasteiger partial charge in [0.25, 0.3) is 0 Å². The van der Waals surface area contributed by atoms with Gasteiger partial charge in [0.2, 0.25) is 5.91 Å². The Morgan fingerprint density at radius 3 is 2.85 bits per heavy atom. The summed E-state index contributed by atoms with van der Waals surface area (Å²) in [5.41, 5.74) is 8.73. The van der Waals surface area contributed by atoms with E-state index in [-0.39, 0.29) is 5.91 Å². The lowest BCUT2D eigenvalue weighted by Crippen LogP contribution is -2.17. The molecule has 2 rings (SSSR count). The maximum atomic E-state index is 10.8. The Kier molecular flexibility index (Phi) is 4.83. The number of hydroxylamine groups is 1. The number of carbonyl (C=O) groups is 1. The predicted octanol–water partition coefficient (Wildman–Crippen LogP) is 0.864. The van der Waals surface area contributed by atoms with Crippen LogP contribution in [0.4, 0.5) is 5.82 Å². The number of carbonyl (C=O) groups excluding carboxylic acids is 1. The van der Waals surface area contributed by atoms with Crippen LogP contribution in [-0.4, -0.2) is 30.6 Å². The van der Waals surface area contributed by atoms with Crippen molar-refractivity contribution in [3.63, 3.8) is 0 Å². The van der Waals surface area contributed by atoms with Crippen LogP contribution in [0.2, 0.25) is 0 Å². The minimum atomic E-state index is -0.335. The molecule has 0 aliphatic rings. The summed E-state index contributed by atoms with van der Waals surface area (Å²) in [5, 5.41) is 8.35. The lowest BCUT2D eigenvalue weighted by atomic mass is 10.1. The second-order valence-electron chi connectivity index (χ2n) is 4.57. The van der Waals surface area contributed by atoms with Crippen LogP contribution in [0.1, 0.15) is 32.1 Å². The predicted molar refractivity (Wildman–Crippen MR) is 72.7 cm³/mol. The van der Waals surface area contributed by atoms with Gasteiger partial charge in [-0.2, -0.15) is 0 Å². The number of nitrogens with zero attached hydrogens (tertiary/aromatic N) is 4. The summed E-state index contributed by atoms with van der Waals surface area (Å²) in [6, 6.07) is 0. The molecule has 0 aliphatic carbocycles. The third-order valence-corrected chi connectivity index (χ3v) is 3.11. The first kappa shape index (κ1) is 14.2. The zero-order chi connectivity index (χ0) is 14.4. The Hall–Kier alpha value is -2.22. The Morgan fingerprint density at radius 2 is 2.05 bits per heavy atom. The van der Waals surface area contributed by atoms with E-state index in [0.29, 0.717) is 17.8 Å². The van der Waals surface area contributed by atoms with Gasteiger partial charge in [-0.15, -0.1) is 0 Å². The number of nitrogen functional groups attached to an aromatic ring is 1. The number of fused-ring (bicyclic) bond motifs is 1. The summed E-state index contributed by atoms with van der Waals surface area (Å²) in [6.45, 7) is 0.805. The molecular weight excluding hydrogens is 260 g/mol. The van der Waals surface area contributed by atoms with Gasteiger partial charge in [0.1, 0.15) is 11.8 Å². The third kappa shape index (κ3) is 3.41. The third-order valence-electron chi connectivity index (χ3n) is 3.11. The standard InChI is InChI=1S/C12H18N6O2/c13-11-10-12(15-7-14-11)18(8-16-10)6-4-2-1-3-5-9(19)17-20/h7-8,20H,1-6H2,(H,17,19)(H2,13,14,15). The van der Waals surface area contributed by atoms with Gasteiger partial charge in [-0.1, -0.05) is 12.8 Å². The highest BCUT2D eigenvalue weighted by atomic mass is 16.5. The fourth-order valence-corrected chi connectivity index (χ4v) is 2.04. The molecule has 108 valence electrons. The highest BCUT2D eigenvalue weighted by Gasteiger charge is 2.07. The van der Waals surface area contributed by atoms with Gasteiger partial charge in [0.15, 0.2) is 11.5 Å². The van der Waals surface area contributed by atoms with Gasteiger partial charge in [0, 0.05) is 13.0 Å². The van der Waals surface area contributed by atoms with Gasteiger partial charge in [-0.25, -0.2) is 20.4 Å². The fourth-order valence-electron chi connectivity index (χ4n) is 2.04.